The maximum atomic E-state index is 12.8. The molecule has 44 heavy (non-hydrogen) atoms. The van der Waals surface area contributed by atoms with Gasteiger partial charge in [0.05, 0.1) is 39.5 Å². The van der Waals surface area contributed by atoms with E-state index in [2.05, 4.69) is 32.1 Å². The van der Waals surface area contributed by atoms with Gasteiger partial charge in [0.25, 0.3) is 0 Å². The highest BCUT2D eigenvalue weighted by atomic mass is 31.2. The minimum Gasteiger partial charge on any atom is -0.458 e. The highest BCUT2D eigenvalue weighted by molar-refractivity contribution is 7.47. The first-order chi connectivity index (χ1) is 21.2. The van der Waals surface area contributed by atoms with E-state index in [9.17, 15) is 14.3 Å². The normalized spacial score (nSPS) is 26.5. The summed E-state index contributed by atoms with van der Waals surface area (Å²) in [4.78, 5) is 22.0. The van der Waals surface area contributed by atoms with E-state index < -0.39 is 19.9 Å². The molecule has 2 aliphatic heterocycles. The Labute approximate surface area is 268 Å². The van der Waals surface area contributed by atoms with Gasteiger partial charge in [-0.25, -0.2) is 4.57 Å². The summed E-state index contributed by atoms with van der Waals surface area (Å²) in [5, 5.41) is 0. The largest absolute Gasteiger partial charge is 0.472 e. The van der Waals surface area contributed by atoms with E-state index in [0.717, 1.165) is 29.7 Å². The lowest BCUT2D eigenvalue weighted by molar-refractivity contribution is -0.873. The van der Waals surface area contributed by atoms with E-state index in [1.165, 1.54) is 122 Å². The van der Waals surface area contributed by atoms with Crippen LogP contribution < -0.4 is 0 Å². The molecule has 0 spiro atoms. The number of carbonyl (C=O) groups is 1. The molecule has 0 aromatic carbocycles. The fourth-order valence-electron chi connectivity index (χ4n) is 7.14. The first kappa shape index (κ1) is 37.4. The summed E-state index contributed by atoms with van der Waals surface area (Å²) in [6.45, 7) is 9.74. The van der Waals surface area contributed by atoms with E-state index in [-0.39, 0.29) is 25.2 Å². The zero-order valence-electron chi connectivity index (χ0n) is 28.1. The van der Waals surface area contributed by atoms with Gasteiger partial charge in [0.15, 0.2) is 0 Å². The predicted molar refractivity (Wildman–Crippen MR) is 176 cm³/mol. The third kappa shape index (κ3) is 13.8. The number of esters is 1. The first-order valence-electron chi connectivity index (χ1n) is 17.8. The summed E-state index contributed by atoms with van der Waals surface area (Å²) in [6.07, 6.45) is 27.1. The molecule has 2 heterocycles. The molecule has 2 saturated heterocycles. The highest BCUT2D eigenvalue weighted by Crippen LogP contribution is 2.48. The van der Waals surface area contributed by atoms with E-state index in [1.54, 1.807) is 0 Å². The van der Waals surface area contributed by atoms with Gasteiger partial charge >= 0.3 is 13.8 Å². The number of hydrogen-bond acceptors (Lipinski definition) is 6. The van der Waals surface area contributed by atoms with Crippen LogP contribution in [0.5, 0.6) is 0 Å². The molecule has 0 amide bonds. The van der Waals surface area contributed by atoms with Crippen LogP contribution in [0.2, 0.25) is 0 Å². The van der Waals surface area contributed by atoms with Gasteiger partial charge in [0, 0.05) is 44.1 Å². The number of quaternary nitrogens is 1. The summed E-state index contributed by atoms with van der Waals surface area (Å²) < 4.78 is 35.6. The molecule has 0 aromatic rings. The van der Waals surface area contributed by atoms with Crippen molar-refractivity contribution in [2.45, 2.75) is 136 Å². The molecule has 3 atom stereocenters. The molecule has 3 aliphatic rings. The number of nitrogens with zero attached hydrogens (tertiary/aromatic N) is 1. The molecule has 3 rings (SSSR count). The molecule has 2 fully saturated rings. The molecular formula is C35H63NO7P+. The summed E-state index contributed by atoms with van der Waals surface area (Å²) in [7, 11) is -4.34. The molecule has 2 bridgehead atoms. The quantitative estimate of drug-likeness (QED) is 0.0462. The molecule has 3 unspecified atom stereocenters. The zero-order chi connectivity index (χ0) is 31.7. The number of phosphoric acid groups is 1. The zero-order valence-corrected chi connectivity index (χ0v) is 29.0. The van der Waals surface area contributed by atoms with Crippen LogP contribution in [0.25, 0.3) is 0 Å². The van der Waals surface area contributed by atoms with Crippen molar-refractivity contribution in [3.63, 3.8) is 0 Å². The van der Waals surface area contributed by atoms with Crippen LogP contribution in [-0.4, -0.2) is 67.5 Å². The summed E-state index contributed by atoms with van der Waals surface area (Å²) in [5.74, 6) is 0.355. The van der Waals surface area contributed by atoms with E-state index in [0.29, 0.717) is 6.61 Å². The summed E-state index contributed by atoms with van der Waals surface area (Å²) >= 11 is 0. The lowest BCUT2D eigenvalue weighted by Gasteiger charge is -2.39. The average molecular weight is 641 g/mol. The molecular weight excluding hydrogens is 577 g/mol. The van der Waals surface area contributed by atoms with Crippen molar-refractivity contribution < 1.29 is 37.3 Å². The molecule has 0 aromatic heterocycles. The Morgan fingerprint density at radius 2 is 1.55 bits per heavy atom. The number of hydrogen-bond donors (Lipinski definition) is 1. The van der Waals surface area contributed by atoms with Crippen LogP contribution in [0.1, 0.15) is 130 Å². The van der Waals surface area contributed by atoms with Crippen LogP contribution in [-0.2, 0) is 27.9 Å². The van der Waals surface area contributed by atoms with Crippen molar-refractivity contribution in [1.29, 1.82) is 0 Å². The van der Waals surface area contributed by atoms with E-state index >= 15 is 0 Å². The third-order valence-corrected chi connectivity index (χ3v) is 10.7. The first-order valence-corrected chi connectivity index (χ1v) is 19.3. The molecule has 8 nitrogen and oxygen atoms in total. The Morgan fingerprint density at radius 1 is 0.955 bits per heavy atom. The Bertz CT molecular complexity index is 945. The van der Waals surface area contributed by atoms with Gasteiger partial charge in [-0.1, -0.05) is 109 Å². The SMILES string of the molecule is CCCCCCCCCCCCCCCCOCC(COP(=O)(O)OCC1(C)C=CC=C([N+]23CCC(CC2)C3)C1)OC(C)=O. The molecule has 0 saturated carbocycles. The smallest absolute Gasteiger partial charge is 0.458 e. The minimum atomic E-state index is -4.34. The number of allylic oxidation sites excluding steroid dienone is 3. The number of piperidine rings is 1. The second kappa shape index (κ2) is 19.6. The Balaban J connectivity index is 1.24. The fraction of sp³-hybridized carbons (Fsp3) is 0.857. The number of carbonyl (C=O) groups excluding carboxylic acids is 1. The molecule has 254 valence electrons. The second-order valence-corrected chi connectivity index (χ2v) is 15.5. The maximum Gasteiger partial charge on any atom is 0.472 e. The predicted octanol–water partition coefficient (Wildman–Crippen LogP) is 8.64. The van der Waals surface area contributed by atoms with Crippen molar-refractivity contribution in [2.24, 2.45) is 11.3 Å². The number of rotatable bonds is 25. The van der Waals surface area contributed by atoms with Gasteiger partial charge < -0.3 is 14.4 Å². The average Bonchev–Trinajstić information content (AvgIpc) is 3.62. The molecule has 9 heteroatoms. The molecule has 0 radical (unpaired) electrons. The van der Waals surface area contributed by atoms with Crippen LogP contribution in [0.4, 0.5) is 0 Å². The van der Waals surface area contributed by atoms with Gasteiger partial charge in [-0.05, 0) is 12.5 Å². The van der Waals surface area contributed by atoms with Crippen molar-refractivity contribution in [1.82, 2.24) is 0 Å². The lowest BCUT2D eigenvalue weighted by atomic mass is 9.82. The number of unbranched alkanes of at least 4 members (excludes halogenated alkanes) is 13. The van der Waals surface area contributed by atoms with Crippen LogP contribution >= 0.6 is 7.82 Å². The van der Waals surface area contributed by atoms with Crippen molar-refractivity contribution in [3.8, 4) is 0 Å². The van der Waals surface area contributed by atoms with Gasteiger partial charge in [-0.15, -0.1) is 0 Å². The topological polar surface area (TPSA) is 91.3 Å². The van der Waals surface area contributed by atoms with E-state index in [4.69, 9.17) is 18.5 Å². The fourth-order valence-corrected chi connectivity index (χ4v) is 8.02. The van der Waals surface area contributed by atoms with Gasteiger partial charge in [-0.2, -0.15) is 0 Å². The minimum absolute atomic E-state index is 0.0753. The van der Waals surface area contributed by atoms with Crippen molar-refractivity contribution in [3.05, 3.63) is 23.9 Å². The molecule has 1 aliphatic carbocycles. The number of fused-ring (bicyclic) bond motifs is 2. The monoisotopic (exact) mass is 640 g/mol. The maximum absolute atomic E-state index is 12.8. The lowest BCUT2D eigenvalue weighted by Crippen LogP contribution is -2.44. The van der Waals surface area contributed by atoms with Crippen LogP contribution in [0.3, 0.4) is 0 Å². The van der Waals surface area contributed by atoms with Crippen LogP contribution in [0.15, 0.2) is 23.9 Å². The number of phosphoric ester groups is 1. The van der Waals surface area contributed by atoms with Gasteiger partial charge in [-0.3, -0.25) is 18.3 Å². The Morgan fingerprint density at radius 3 is 2.09 bits per heavy atom. The molecule has 1 N–H and O–H groups in total. The van der Waals surface area contributed by atoms with Crippen molar-refractivity contribution in [2.75, 3.05) is 46.1 Å². The Hall–Kier alpha value is -1.02. The third-order valence-electron chi connectivity index (χ3n) is 9.78. The van der Waals surface area contributed by atoms with Gasteiger partial charge in [0.2, 0.25) is 0 Å². The number of ether oxygens (including phenoxy) is 2. The summed E-state index contributed by atoms with van der Waals surface area (Å²) in [5.41, 5.74) is 1.02. The van der Waals surface area contributed by atoms with E-state index in [1.807, 2.05) is 0 Å². The highest BCUT2D eigenvalue weighted by Gasteiger charge is 2.49. The summed E-state index contributed by atoms with van der Waals surface area (Å²) in [6, 6.07) is 0. The van der Waals surface area contributed by atoms with Gasteiger partial charge in [0.1, 0.15) is 11.8 Å². The van der Waals surface area contributed by atoms with Crippen LogP contribution in [0, 0.1) is 11.3 Å². The standard InChI is InChI=1S/C35H62NO7P/c1-4-5-6-7-8-9-10-11-12-13-14-15-16-17-25-40-28-34(43-31(2)37)29-41-44(38,39)42-30-35(3)22-18-19-33(26-35)36-23-20-32(27-36)21-24-36/h18-19,22,32,34H,4-17,20-21,23-30H2,1-3H3/p+1. The van der Waals surface area contributed by atoms with Crippen molar-refractivity contribution >= 4 is 13.8 Å². The Kier molecular flexibility index (Phi) is 16.7. The second-order valence-electron chi connectivity index (χ2n) is 14.0.